The predicted molar refractivity (Wildman–Crippen MR) is 87.7 cm³/mol. The van der Waals surface area contributed by atoms with Gasteiger partial charge < -0.3 is 10.1 Å². The third-order valence-electron chi connectivity index (χ3n) is 5.16. The van der Waals surface area contributed by atoms with Gasteiger partial charge in [-0.3, -0.25) is 0 Å². The van der Waals surface area contributed by atoms with E-state index in [-0.39, 0.29) is 5.60 Å². The van der Waals surface area contributed by atoms with Gasteiger partial charge in [-0.05, 0) is 50.5 Å². The van der Waals surface area contributed by atoms with Gasteiger partial charge in [0.25, 0.3) is 0 Å². The van der Waals surface area contributed by atoms with Crippen LogP contribution in [0.1, 0.15) is 58.1 Å². The summed E-state index contributed by atoms with van der Waals surface area (Å²) in [5.74, 6) is 2.80. The Labute approximate surface area is 129 Å². The van der Waals surface area contributed by atoms with Gasteiger partial charge in [-0.25, -0.2) is 0 Å². The van der Waals surface area contributed by atoms with E-state index in [1.165, 1.54) is 30.4 Å². The van der Waals surface area contributed by atoms with Crippen molar-refractivity contribution in [2.45, 2.75) is 71.6 Å². The molecule has 2 heteroatoms. The predicted octanol–water partition coefficient (Wildman–Crippen LogP) is 4.31. The number of rotatable bonds is 3. The molecule has 1 aliphatic heterocycles. The van der Waals surface area contributed by atoms with Crippen LogP contribution < -0.4 is 10.1 Å². The highest BCUT2D eigenvalue weighted by atomic mass is 16.5. The average molecular weight is 287 g/mol. The number of ether oxygens (including phenoxy) is 1. The molecule has 1 aromatic carbocycles. The van der Waals surface area contributed by atoms with Gasteiger partial charge in [0.2, 0.25) is 0 Å². The van der Waals surface area contributed by atoms with Crippen molar-refractivity contribution in [2.75, 3.05) is 0 Å². The summed E-state index contributed by atoms with van der Waals surface area (Å²) in [6.45, 7) is 10.1. The highest BCUT2D eigenvalue weighted by Crippen LogP contribution is 2.38. The fourth-order valence-electron chi connectivity index (χ4n) is 4.03. The Morgan fingerprint density at radius 3 is 2.81 bits per heavy atom. The second-order valence-electron chi connectivity index (χ2n) is 7.83. The molecule has 0 amide bonds. The fourth-order valence-corrected chi connectivity index (χ4v) is 4.03. The van der Waals surface area contributed by atoms with Crippen molar-refractivity contribution in [1.29, 1.82) is 0 Å². The Morgan fingerprint density at radius 2 is 2.05 bits per heavy atom. The van der Waals surface area contributed by atoms with Crippen LogP contribution in [0.4, 0.5) is 0 Å². The van der Waals surface area contributed by atoms with Crippen molar-refractivity contribution in [3.8, 4) is 5.75 Å². The maximum Gasteiger partial charge on any atom is 0.127 e. The van der Waals surface area contributed by atoms with E-state index in [1.807, 2.05) is 0 Å². The van der Waals surface area contributed by atoms with Gasteiger partial charge in [0, 0.05) is 24.6 Å². The topological polar surface area (TPSA) is 21.3 Å². The molecular formula is C19H29NO. The second kappa shape index (κ2) is 5.64. The summed E-state index contributed by atoms with van der Waals surface area (Å²) >= 11 is 0. The molecular weight excluding hydrogens is 258 g/mol. The van der Waals surface area contributed by atoms with Gasteiger partial charge >= 0.3 is 0 Å². The zero-order valence-corrected chi connectivity index (χ0v) is 13.9. The highest BCUT2D eigenvalue weighted by Gasteiger charge is 2.32. The Morgan fingerprint density at radius 1 is 1.24 bits per heavy atom. The zero-order chi connectivity index (χ0) is 15.0. The Kier molecular flexibility index (Phi) is 4.00. The normalized spacial score (nSPS) is 30.8. The molecule has 116 valence electrons. The molecule has 21 heavy (non-hydrogen) atoms. The van der Waals surface area contributed by atoms with Crippen LogP contribution in [0, 0.1) is 11.8 Å². The summed E-state index contributed by atoms with van der Waals surface area (Å²) in [6.07, 6.45) is 5.05. The van der Waals surface area contributed by atoms with Crippen molar-refractivity contribution in [1.82, 2.24) is 5.32 Å². The molecule has 0 bridgehead atoms. The lowest BCUT2D eigenvalue weighted by molar-refractivity contribution is 0.136. The van der Waals surface area contributed by atoms with Crippen LogP contribution in [0.15, 0.2) is 18.2 Å². The van der Waals surface area contributed by atoms with Crippen molar-refractivity contribution in [3.05, 3.63) is 29.3 Å². The largest absolute Gasteiger partial charge is 0.487 e. The summed E-state index contributed by atoms with van der Waals surface area (Å²) < 4.78 is 6.17. The lowest BCUT2D eigenvalue weighted by Gasteiger charge is -2.33. The van der Waals surface area contributed by atoms with E-state index in [1.54, 1.807) is 0 Å². The van der Waals surface area contributed by atoms with E-state index < -0.39 is 0 Å². The van der Waals surface area contributed by atoms with Crippen molar-refractivity contribution >= 4 is 0 Å². The fraction of sp³-hybridized carbons (Fsp3) is 0.684. The molecule has 0 aromatic heterocycles. The van der Waals surface area contributed by atoms with Crippen LogP contribution in [0.5, 0.6) is 5.75 Å². The van der Waals surface area contributed by atoms with Crippen LogP contribution in [0.2, 0.25) is 0 Å². The minimum absolute atomic E-state index is 0.0496. The zero-order valence-electron chi connectivity index (χ0n) is 13.9. The first-order valence-electron chi connectivity index (χ1n) is 8.48. The van der Waals surface area contributed by atoms with Gasteiger partial charge in [-0.1, -0.05) is 32.0 Å². The first-order valence-corrected chi connectivity index (χ1v) is 8.48. The van der Waals surface area contributed by atoms with E-state index in [2.05, 4.69) is 51.2 Å². The van der Waals surface area contributed by atoms with Gasteiger partial charge in [-0.15, -0.1) is 0 Å². The third-order valence-corrected chi connectivity index (χ3v) is 5.16. The maximum absolute atomic E-state index is 6.17. The van der Waals surface area contributed by atoms with E-state index in [0.717, 1.165) is 30.6 Å². The molecule has 1 heterocycles. The van der Waals surface area contributed by atoms with Crippen LogP contribution in [-0.2, 0) is 13.0 Å². The summed E-state index contributed by atoms with van der Waals surface area (Å²) in [7, 11) is 0. The summed E-state index contributed by atoms with van der Waals surface area (Å²) in [6, 6.07) is 7.25. The van der Waals surface area contributed by atoms with Crippen molar-refractivity contribution in [3.63, 3.8) is 0 Å². The summed E-state index contributed by atoms with van der Waals surface area (Å²) in [5.41, 5.74) is 2.64. The van der Waals surface area contributed by atoms with Gasteiger partial charge in [-0.2, -0.15) is 0 Å². The number of nitrogens with one attached hydrogen (secondary N) is 1. The molecule has 0 radical (unpaired) electrons. The molecule has 0 saturated heterocycles. The lowest BCUT2D eigenvalue weighted by atomic mass is 9.80. The monoisotopic (exact) mass is 287 g/mol. The molecule has 3 rings (SSSR count). The Hall–Kier alpha value is -1.02. The van der Waals surface area contributed by atoms with Gasteiger partial charge in [0.15, 0.2) is 0 Å². The average Bonchev–Trinajstić information content (AvgIpc) is 2.72. The van der Waals surface area contributed by atoms with Gasteiger partial charge in [0.05, 0.1) is 0 Å². The Balaban J connectivity index is 1.66. The SMILES string of the molecule is CC1CCC(NCc2cccc3c2OC(C)(C)C3)C(C)C1. The first-order chi connectivity index (χ1) is 9.94. The van der Waals surface area contributed by atoms with Crippen molar-refractivity contribution in [2.24, 2.45) is 11.8 Å². The molecule has 1 saturated carbocycles. The molecule has 3 unspecified atom stereocenters. The number of hydrogen-bond donors (Lipinski definition) is 1. The molecule has 2 aliphatic rings. The maximum atomic E-state index is 6.17. The van der Waals surface area contributed by atoms with Crippen LogP contribution in [0.25, 0.3) is 0 Å². The molecule has 2 nitrogen and oxygen atoms in total. The van der Waals surface area contributed by atoms with Crippen LogP contribution >= 0.6 is 0 Å². The van der Waals surface area contributed by atoms with E-state index in [4.69, 9.17) is 4.74 Å². The minimum Gasteiger partial charge on any atom is -0.487 e. The quantitative estimate of drug-likeness (QED) is 0.894. The molecule has 1 N–H and O–H groups in total. The van der Waals surface area contributed by atoms with Crippen molar-refractivity contribution < 1.29 is 4.74 Å². The van der Waals surface area contributed by atoms with Crippen LogP contribution in [-0.4, -0.2) is 11.6 Å². The minimum atomic E-state index is -0.0496. The molecule has 3 atom stereocenters. The summed E-state index contributed by atoms with van der Waals surface area (Å²) in [4.78, 5) is 0. The summed E-state index contributed by atoms with van der Waals surface area (Å²) in [5, 5.41) is 3.79. The molecule has 1 aromatic rings. The standard InChI is InChI=1S/C19H29NO/c1-13-8-9-17(14(2)10-13)20-12-16-7-5-6-15-11-19(3,4)21-18(15)16/h5-7,13-14,17,20H,8-12H2,1-4H3. The molecule has 0 spiro atoms. The van der Waals surface area contributed by atoms with Crippen LogP contribution in [0.3, 0.4) is 0 Å². The lowest BCUT2D eigenvalue weighted by Crippen LogP contribution is -2.38. The number of benzene rings is 1. The number of fused-ring (bicyclic) bond motifs is 1. The Bertz CT molecular complexity index is 508. The van der Waals surface area contributed by atoms with E-state index >= 15 is 0 Å². The third kappa shape index (κ3) is 3.26. The van der Waals surface area contributed by atoms with E-state index in [9.17, 15) is 0 Å². The van der Waals surface area contributed by atoms with Gasteiger partial charge in [0.1, 0.15) is 11.4 Å². The first kappa shape index (κ1) is 14.9. The highest BCUT2D eigenvalue weighted by molar-refractivity contribution is 5.45. The number of para-hydroxylation sites is 1. The molecule has 1 aliphatic carbocycles. The smallest absolute Gasteiger partial charge is 0.127 e. The van der Waals surface area contributed by atoms with E-state index in [0.29, 0.717) is 6.04 Å². The second-order valence-corrected chi connectivity index (χ2v) is 7.83. The number of hydrogen-bond acceptors (Lipinski definition) is 2. The molecule has 1 fully saturated rings.